The van der Waals surface area contributed by atoms with Gasteiger partial charge < -0.3 is 15.5 Å². The second-order valence-corrected chi connectivity index (χ2v) is 11.3. The number of amides is 1. The average Bonchev–Trinajstić information content (AvgIpc) is 2.93. The molecule has 4 aliphatic rings. The smallest absolute Gasteiger partial charge is 0.252 e. The fourth-order valence-corrected chi connectivity index (χ4v) is 6.84. The number of rotatable bonds is 10. The lowest BCUT2D eigenvalue weighted by Crippen LogP contribution is -2.42. The lowest BCUT2D eigenvalue weighted by Gasteiger charge is -2.45. The molecule has 1 aromatic carbocycles. The van der Waals surface area contributed by atoms with E-state index in [4.69, 9.17) is 11.6 Å². The summed E-state index contributed by atoms with van der Waals surface area (Å²) in [5.74, 6) is 2.75. The Bertz CT molecular complexity index is 751. The minimum absolute atomic E-state index is 0.00375. The molecule has 4 saturated carbocycles. The lowest BCUT2D eigenvalue weighted by molar-refractivity contribution is 0.0614. The van der Waals surface area contributed by atoms with Gasteiger partial charge in [0.05, 0.1) is 10.6 Å². The van der Waals surface area contributed by atoms with Crippen LogP contribution in [0, 0.1) is 23.2 Å². The van der Waals surface area contributed by atoms with E-state index in [1.807, 2.05) is 12.1 Å². The highest BCUT2D eigenvalue weighted by Crippen LogP contribution is 2.56. The zero-order chi connectivity index (χ0) is 21.8. The van der Waals surface area contributed by atoms with Crippen molar-refractivity contribution in [3.63, 3.8) is 0 Å². The van der Waals surface area contributed by atoms with Crippen molar-refractivity contribution in [2.75, 3.05) is 40.3 Å². The zero-order valence-corrected chi connectivity index (χ0v) is 20.1. The number of halogens is 1. The number of carbonyl (C=O) groups excluding carboxylic acids is 1. The van der Waals surface area contributed by atoms with E-state index >= 15 is 0 Å². The third kappa shape index (κ3) is 6.03. The molecule has 4 fully saturated rings. The van der Waals surface area contributed by atoms with E-state index < -0.39 is 0 Å². The van der Waals surface area contributed by atoms with E-state index in [2.05, 4.69) is 35.7 Å². The minimum atomic E-state index is 0.00375. The Hall–Kier alpha value is -1.10. The van der Waals surface area contributed by atoms with Gasteiger partial charge in [-0.3, -0.25) is 4.79 Å². The predicted molar refractivity (Wildman–Crippen MR) is 129 cm³/mol. The lowest BCUT2D eigenvalue weighted by atomic mass is 9.61. The van der Waals surface area contributed by atoms with Gasteiger partial charge in [0, 0.05) is 19.6 Å². The summed E-state index contributed by atoms with van der Waals surface area (Å²) in [4.78, 5) is 15.2. The molecule has 2 N–H and O–H groups in total. The molecule has 0 radical (unpaired) electrons. The molecule has 0 saturated heterocycles. The van der Waals surface area contributed by atoms with E-state index in [1.54, 1.807) is 0 Å². The SMILES string of the molecule is CN(C)CCNCCCc1ccc(Cl)c(C(=O)NCC23CCC4CC(CC(C4)C2)C3)c1. The Morgan fingerprint density at radius 3 is 2.61 bits per heavy atom. The maximum absolute atomic E-state index is 13.1. The van der Waals surface area contributed by atoms with Gasteiger partial charge in [0.2, 0.25) is 0 Å². The molecule has 4 nitrogen and oxygen atoms in total. The van der Waals surface area contributed by atoms with Crippen molar-refractivity contribution < 1.29 is 4.79 Å². The summed E-state index contributed by atoms with van der Waals surface area (Å²) in [6.07, 6.45) is 11.6. The molecule has 4 bridgehead atoms. The number of nitrogens with zero attached hydrogens (tertiary/aromatic N) is 1. The number of aryl methyl sites for hydroxylation is 1. The van der Waals surface area contributed by atoms with Gasteiger partial charge in [-0.2, -0.15) is 0 Å². The monoisotopic (exact) mass is 445 g/mol. The molecule has 31 heavy (non-hydrogen) atoms. The van der Waals surface area contributed by atoms with Gasteiger partial charge in [-0.15, -0.1) is 0 Å². The quantitative estimate of drug-likeness (QED) is 0.510. The van der Waals surface area contributed by atoms with Crippen molar-refractivity contribution in [3.8, 4) is 0 Å². The summed E-state index contributed by atoms with van der Waals surface area (Å²) in [5.41, 5.74) is 2.16. The first-order valence-electron chi connectivity index (χ1n) is 12.3. The first-order chi connectivity index (χ1) is 14.9. The summed E-state index contributed by atoms with van der Waals surface area (Å²) >= 11 is 6.43. The number of benzene rings is 1. The van der Waals surface area contributed by atoms with Crippen LogP contribution in [0.15, 0.2) is 18.2 Å². The van der Waals surface area contributed by atoms with E-state index in [-0.39, 0.29) is 5.91 Å². The van der Waals surface area contributed by atoms with Gasteiger partial charge in [0.25, 0.3) is 5.91 Å². The van der Waals surface area contributed by atoms with Crippen LogP contribution < -0.4 is 10.6 Å². The van der Waals surface area contributed by atoms with E-state index in [9.17, 15) is 4.79 Å². The fraction of sp³-hybridized carbons (Fsp3) is 0.731. The second kappa shape index (κ2) is 10.2. The minimum Gasteiger partial charge on any atom is -0.351 e. The highest BCUT2D eigenvalue weighted by molar-refractivity contribution is 6.33. The zero-order valence-electron chi connectivity index (χ0n) is 19.4. The normalized spacial score (nSPS) is 29.4. The summed E-state index contributed by atoms with van der Waals surface area (Å²) in [5, 5.41) is 7.34. The molecule has 0 heterocycles. The molecule has 5 rings (SSSR count). The Morgan fingerprint density at radius 2 is 1.87 bits per heavy atom. The molecule has 0 aliphatic heterocycles. The summed E-state index contributed by atoms with van der Waals surface area (Å²) in [7, 11) is 4.18. The van der Waals surface area contributed by atoms with Crippen LogP contribution in [0.4, 0.5) is 0 Å². The molecular formula is C26H40ClN3O. The Morgan fingerprint density at radius 1 is 1.13 bits per heavy atom. The molecular weight excluding hydrogens is 406 g/mol. The van der Waals surface area contributed by atoms with E-state index in [1.165, 1.54) is 50.5 Å². The van der Waals surface area contributed by atoms with E-state index in [0.717, 1.165) is 56.8 Å². The van der Waals surface area contributed by atoms with Crippen LogP contribution in [0.25, 0.3) is 0 Å². The molecule has 5 heteroatoms. The largest absolute Gasteiger partial charge is 0.351 e. The summed E-state index contributed by atoms with van der Waals surface area (Å²) in [6.45, 7) is 3.87. The number of fused-ring (bicyclic) bond motifs is 1. The van der Waals surface area contributed by atoms with Crippen LogP contribution >= 0.6 is 11.6 Å². The third-order valence-corrected chi connectivity index (χ3v) is 8.31. The molecule has 1 amide bonds. The average molecular weight is 446 g/mol. The van der Waals surface area contributed by atoms with Crippen molar-refractivity contribution in [2.24, 2.45) is 23.2 Å². The van der Waals surface area contributed by atoms with Crippen molar-refractivity contribution in [2.45, 2.75) is 57.8 Å². The van der Waals surface area contributed by atoms with Crippen LogP contribution in [0.3, 0.4) is 0 Å². The van der Waals surface area contributed by atoms with Gasteiger partial charge >= 0.3 is 0 Å². The topological polar surface area (TPSA) is 44.4 Å². The Labute approximate surface area is 193 Å². The van der Waals surface area contributed by atoms with Crippen molar-refractivity contribution in [1.29, 1.82) is 0 Å². The van der Waals surface area contributed by atoms with E-state index in [0.29, 0.717) is 16.0 Å². The van der Waals surface area contributed by atoms with Gasteiger partial charge in [-0.1, -0.05) is 17.7 Å². The van der Waals surface area contributed by atoms with Gasteiger partial charge in [-0.05, 0) is 119 Å². The molecule has 0 aromatic heterocycles. The molecule has 2 unspecified atom stereocenters. The van der Waals surface area contributed by atoms with Crippen LogP contribution in [0.5, 0.6) is 0 Å². The molecule has 1 aromatic rings. The highest BCUT2D eigenvalue weighted by Gasteiger charge is 2.47. The summed E-state index contributed by atoms with van der Waals surface area (Å²) < 4.78 is 0. The number of nitrogens with one attached hydrogen (secondary N) is 2. The Balaban J connectivity index is 1.29. The van der Waals surface area contributed by atoms with Crippen LogP contribution in [-0.2, 0) is 6.42 Å². The first-order valence-corrected chi connectivity index (χ1v) is 12.7. The van der Waals surface area contributed by atoms with Crippen LogP contribution in [0.2, 0.25) is 5.02 Å². The summed E-state index contributed by atoms with van der Waals surface area (Å²) in [6, 6.07) is 5.95. The maximum atomic E-state index is 13.1. The standard InChI is InChI=1S/C26H40ClN3O/c1-30(2)11-10-28-9-3-4-19-5-6-24(27)23(15-19)25(31)29-18-26-8-7-20-12-21(16-26)14-22(13-20)17-26/h5-6,15,20-22,28H,3-4,7-14,16-18H2,1-2H3,(H,29,31). The van der Waals surface area contributed by atoms with Gasteiger partial charge in [0.15, 0.2) is 0 Å². The number of hydrogen-bond donors (Lipinski definition) is 2. The fourth-order valence-electron chi connectivity index (χ4n) is 6.64. The van der Waals surface area contributed by atoms with Crippen molar-refractivity contribution >= 4 is 17.5 Å². The number of hydrogen-bond acceptors (Lipinski definition) is 3. The van der Waals surface area contributed by atoms with Crippen molar-refractivity contribution in [1.82, 2.24) is 15.5 Å². The van der Waals surface area contributed by atoms with Crippen molar-refractivity contribution in [3.05, 3.63) is 34.3 Å². The molecule has 4 aliphatic carbocycles. The second-order valence-electron chi connectivity index (χ2n) is 10.9. The van der Waals surface area contributed by atoms with Crippen LogP contribution in [0.1, 0.15) is 67.3 Å². The molecule has 0 spiro atoms. The number of carbonyl (C=O) groups is 1. The van der Waals surface area contributed by atoms with Gasteiger partial charge in [0.1, 0.15) is 0 Å². The van der Waals surface area contributed by atoms with Crippen LogP contribution in [-0.4, -0.2) is 51.1 Å². The first kappa shape index (κ1) is 23.1. The highest BCUT2D eigenvalue weighted by atomic mass is 35.5. The Kier molecular flexibility index (Phi) is 7.61. The maximum Gasteiger partial charge on any atom is 0.252 e. The predicted octanol–water partition coefficient (Wildman–Crippen LogP) is 4.76. The number of likely N-dealkylation sites (N-methyl/N-ethyl adjacent to an activating group) is 1. The molecule has 2 atom stereocenters. The molecule has 172 valence electrons. The van der Waals surface area contributed by atoms with Gasteiger partial charge in [-0.25, -0.2) is 0 Å². The third-order valence-electron chi connectivity index (χ3n) is 7.98.